The molecule has 0 unspecified atom stereocenters. The van der Waals surface area contributed by atoms with Crippen LogP contribution < -0.4 is 5.32 Å². The van der Waals surface area contributed by atoms with Crippen LogP contribution >= 0.6 is 11.6 Å². The number of nitrogens with one attached hydrogen (secondary N) is 1. The summed E-state index contributed by atoms with van der Waals surface area (Å²) >= 11 is 6.15. The molecule has 5 heteroatoms. The van der Waals surface area contributed by atoms with Crippen LogP contribution in [0.3, 0.4) is 0 Å². The van der Waals surface area contributed by atoms with E-state index in [4.69, 9.17) is 11.6 Å². The third kappa shape index (κ3) is 4.70. The highest BCUT2D eigenvalue weighted by Gasteiger charge is 2.16. The molecule has 0 aliphatic carbocycles. The number of halogens is 1. The van der Waals surface area contributed by atoms with Crippen LogP contribution in [0.25, 0.3) is 0 Å². The van der Waals surface area contributed by atoms with Crippen LogP contribution in [0.1, 0.15) is 40.7 Å². The fourth-order valence-electron chi connectivity index (χ4n) is 2.70. The monoisotopic (exact) mass is 324 g/mol. The minimum Gasteiger partial charge on any atom is -0.393 e. The number of hydrogen-bond acceptors (Lipinski definition) is 3. The molecule has 22 heavy (non-hydrogen) atoms. The van der Waals surface area contributed by atoms with Crippen LogP contribution in [0.4, 0.5) is 0 Å². The first-order valence-corrected chi connectivity index (χ1v) is 8.30. The molecule has 0 saturated carbocycles. The lowest BCUT2D eigenvalue weighted by atomic mass is 10.1. The second-order valence-electron chi connectivity index (χ2n) is 6.10. The molecule has 1 fully saturated rings. The van der Waals surface area contributed by atoms with Crippen LogP contribution in [0.5, 0.6) is 0 Å². The van der Waals surface area contributed by atoms with Crippen LogP contribution in [-0.2, 0) is 0 Å². The second-order valence-corrected chi connectivity index (χ2v) is 6.51. The summed E-state index contributed by atoms with van der Waals surface area (Å²) in [5.41, 5.74) is 2.71. The lowest BCUT2D eigenvalue weighted by Crippen LogP contribution is -2.37. The molecule has 122 valence electrons. The maximum absolute atomic E-state index is 12.2. The van der Waals surface area contributed by atoms with Gasteiger partial charge < -0.3 is 15.3 Å². The number of carbonyl (C=O) groups excluding carboxylic acids is 1. The predicted molar refractivity (Wildman–Crippen MR) is 89.6 cm³/mol. The smallest absolute Gasteiger partial charge is 0.252 e. The van der Waals surface area contributed by atoms with Crippen LogP contribution in [0, 0.1) is 13.8 Å². The van der Waals surface area contributed by atoms with Gasteiger partial charge in [0.2, 0.25) is 0 Å². The molecule has 1 heterocycles. The summed E-state index contributed by atoms with van der Waals surface area (Å²) < 4.78 is 0. The Bertz CT molecular complexity index is 526. The first-order valence-electron chi connectivity index (χ1n) is 7.92. The topological polar surface area (TPSA) is 52.6 Å². The Morgan fingerprint density at radius 3 is 2.64 bits per heavy atom. The van der Waals surface area contributed by atoms with Gasteiger partial charge >= 0.3 is 0 Å². The summed E-state index contributed by atoms with van der Waals surface area (Å²) in [4.78, 5) is 14.5. The third-order valence-corrected chi connectivity index (χ3v) is 4.63. The van der Waals surface area contributed by atoms with Gasteiger partial charge in [-0.3, -0.25) is 4.79 Å². The van der Waals surface area contributed by atoms with Gasteiger partial charge in [-0.2, -0.15) is 0 Å². The molecule has 1 aromatic rings. The quantitative estimate of drug-likeness (QED) is 0.818. The van der Waals surface area contributed by atoms with Crippen molar-refractivity contribution < 1.29 is 9.90 Å². The molecular formula is C17H25ClN2O2. The van der Waals surface area contributed by atoms with Crippen molar-refractivity contribution in [3.8, 4) is 0 Å². The zero-order valence-electron chi connectivity index (χ0n) is 13.4. The Morgan fingerprint density at radius 2 is 1.95 bits per heavy atom. The predicted octanol–water partition coefficient (Wildman–Crippen LogP) is 2.53. The molecule has 1 aromatic carbocycles. The van der Waals surface area contributed by atoms with Gasteiger partial charge in [-0.1, -0.05) is 11.6 Å². The summed E-state index contributed by atoms with van der Waals surface area (Å²) in [5.74, 6) is -0.109. The summed E-state index contributed by atoms with van der Waals surface area (Å²) in [6.45, 7) is 7.44. The van der Waals surface area contributed by atoms with E-state index in [9.17, 15) is 9.90 Å². The molecule has 0 bridgehead atoms. The molecule has 1 aliphatic rings. The van der Waals surface area contributed by atoms with Gasteiger partial charge in [-0.25, -0.2) is 0 Å². The number of aryl methyl sites for hydroxylation is 2. The van der Waals surface area contributed by atoms with Gasteiger partial charge in [-0.15, -0.1) is 0 Å². The molecule has 0 aromatic heterocycles. The molecule has 2 N–H and O–H groups in total. The molecule has 4 nitrogen and oxygen atoms in total. The molecule has 0 radical (unpaired) electrons. The zero-order chi connectivity index (χ0) is 16.1. The van der Waals surface area contributed by atoms with Crippen molar-refractivity contribution in [3.63, 3.8) is 0 Å². The number of hydrogen-bond donors (Lipinski definition) is 2. The fraction of sp³-hybridized carbons (Fsp3) is 0.588. The van der Waals surface area contributed by atoms with Gasteiger partial charge in [0.1, 0.15) is 0 Å². The van der Waals surface area contributed by atoms with Crippen molar-refractivity contribution in [2.75, 3.05) is 26.2 Å². The highest BCUT2D eigenvalue weighted by atomic mass is 35.5. The summed E-state index contributed by atoms with van der Waals surface area (Å²) in [5, 5.41) is 12.9. The van der Waals surface area contributed by atoms with Crippen LogP contribution in [0.2, 0.25) is 5.02 Å². The van der Waals surface area contributed by atoms with E-state index in [-0.39, 0.29) is 12.0 Å². The Labute approximate surface area is 137 Å². The minimum atomic E-state index is -0.136. The third-order valence-electron chi connectivity index (χ3n) is 4.32. The Kier molecular flexibility index (Phi) is 6.24. The molecule has 0 spiro atoms. The van der Waals surface area contributed by atoms with Crippen molar-refractivity contribution in [1.29, 1.82) is 0 Å². The van der Waals surface area contributed by atoms with Gasteiger partial charge in [0.05, 0.1) is 16.7 Å². The van der Waals surface area contributed by atoms with Crippen molar-refractivity contribution in [2.45, 2.75) is 39.2 Å². The zero-order valence-corrected chi connectivity index (χ0v) is 14.1. The maximum Gasteiger partial charge on any atom is 0.252 e. The Balaban J connectivity index is 1.75. The normalized spacial score (nSPS) is 16.7. The van der Waals surface area contributed by atoms with Gasteiger partial charge in [0.15, 0.2) is 0 Å². The molecule has 1 aliphatic heterocycles. The van der Waals surface area contributed by atoms with E-state index in [0.717, 1.165) is 50.0 Å². The van der Waals surface area contributed by atoms with E-state index in [1.807, 2.05) is 26.0 Å². The maximum atomic E-state index is 12.2. The number of rotatable bonds is 5. The standard InChI is InChI=1S/C17H25ClN2O2/c1-12-10-15(16(18)11-13(12)2)17(22)19-6-3-7-20-8-4-14(21)5-9-20/h10-11,14,21H,3-9H2,1-2H3,(H,19,22). The highest BCUT2D eigenvalue weighted by Crippen LogP contribution is 2.20. The van der Waals surface area contributed by atoms with E-state index in [2.05, 4.69) is 10.2 Å². The summed E-state index contributed by atoms with van der Waals surface area (Å²) in [7, 11) is 0. The Hall–Kier alpha value is -1.10. The summed E-state index contributed by atoms with van der Waals surface area (Å²) in [6, 6.07) is 3.68. The average Bonchev–Trinajstić information content (AvgIpc) is 2.49. The van der Waals surface area contributed by atoms with E-state index >= 15 is 0 Å². The molecule has 2 rings (SSSR count). The van der Waals surface area contributed by atoms with Crippen molar-refractivity contribution in [2.24, 2.45) is 0 Å². The largest absolute Gasteiger partial charge is 0.393 e. The number of nitrogens with zero attached hydrogens (tertiary/aromatic N) is 1. The number of amides is 1. The van der Waals surface area contributed by atoms with Crippen LogP contribution in [-0.4, -0.2) is 48.2 Å². The van der Waals surface area contributed by atoms with E-state index in [0.29, 0.717) is 17.1 Å². The SMILES string of the molecule is Cc1cc(Cl)c(C(=O)NCCCN2CCC(O)CC2)cc1C. The second kappa shape index (κ2) is 7.95. The number of likely N-dealkylation sites (tertiary alicyclic amines) is 1. The first kappa shape index (κ1) is 17.3. The Morgan fingerprint density at radius 1 is 1.32 bits per heavy atom. The van der Waals surface area contributed by atoms with Crippen molar-refractivity contribution >= 4 is 17.5 Å². The molecule has 0 atom stereocenters. The first-order chi connectivity index (χ1) is 10.5. The van der Waals surface area contributed by atoms with E-state index in [1.54, 1.807) is 0 Å². The molecule has 1 amide bonds. The molecular weight excluding hydrogens is 300 g/mol. The minimum absolute atomic E-state index is 0.109. The van der Waals surface area contributed by atoms with Crippen LogP contribution in [0.15, 0.2) is 12.1 Å². The summed E-state index contributed by atoms with van der Waals surface area (Å²) in [6.07, 6.45) is 2.47. The van der Waals surface area contributed by atoms with E-state index < -0.39 is 0 Å². The number of benzene rings is 1. The number of aliphatic hydroxyl groups is 1. The van der Waals surface area contributed by atoms with Gasteiger partial charge in [0, 0.05) is 19.6 Å². The van der Waals surface area contributed by atoms with Crippen molar-refractivity contribution in [3.05, 3.63) is 33.8 Å². The van der Waals surface area contributed by atoms with Crippen molar-refractivity contribution in [1.82, 2.24) is 10.2 Å². The van der Waals surface area contributed by atoms with E-state index in [1.165, 1.54) is 0 Å². The van der Waals surface area contributed by atoms with Gasteiger partial charge in [-0.05, 0) is 62.9 Å². The fourth-order valence-corrected chi connectivity index (χ4v) is 3.00. The van der Waals surface area contributed by atoms with Gasteiger partial charge in [0.25, 0.3) is 5.91 Å². The molecule has 1 saturated heterocycles. The lowest BCUT2D eigenvalue weighted by Gasteiger charge is -2.29. The lowest BCUT2D eigenvalue weighted by molar-refractivity contribution is 0.0816. The average molecular weight is 325 g/mol. The number of carbonyl (C=O) groups is 1. The number of piperidine rings is 1. The number of aliphatic hydroxyl groups excluding tert-OH is 1. The highest BCUT2D eigenvalue weighted by molar-refractivity contribution is 6.33.